The summed E-state index contributed by atoms with van der Waals surface area (Å²) in [5.41, 5.74) is 0.578. The highest BCUT2D eigenvalue weighted by atomic mass is 35.5. The summed E-state index contributed by atoms with van der Waals surface area (Å²) in [5.74, 6) is 0.552. The molecule has 0 N–H and O–H groups in total. The molecule has 5 nitrogen and oxygen atoms in total. The number of ether oxygens (including phenoxy) is 2. The third kappa shape index (κ3) is 3.79. The fourth-order valence-electron chi connectivity index (χ4n) is 3.33. The number of hydrogen-bond acceptors (Lipinski definition) is 4. The second-order valence-corrected chi connectivity index (χ2v) is 6.48. The van der Waals surface area contributed by atoms with Crippen molar-refractivity contribution in [2.24, 2.45) is 0 Å². The summed E-state index contributed by atoms with van der Waals surface area (Å²) in [6, 6.07) is 5.68. The molecule has 1 atom stereocenters. The summed E-state index contributed by atoms with van der Waals surface area (Å²) in [6.07, 6.45) is 2.08. The van der Waals surface area contributed by atoms with Gasteiger partial charge in [0.15, 0.2) is 0 Å². The standard InChI is InChI=1S/C17H23ClN2O3/c1-22-16-11-13(18)3-4-15(16)17(21)20-7-2-6-19(8-9-20)14-5-10-23-12-14/h3-4,11,14H,2,5-10,12H2,1H3. The molecule has 126 valence electrons. The third-order valence-corrected chi connectivity index (χ3v) is 4.87. The normalized spacial score (nSPS) is 22.9. The molecular weight excluding hydrogens is 316 g/mol. The van der Waals surface area contributed by atoms with Crippen LogP contribution in [0.1, 0.15) is 23.2 Å². The van der Waals surface area contributed by atoms with Gasteiger partial charge >= 0.3 is 0 Å². The molecule has 2 aliphatic rings. The van der Waals surface area contributed by atoms with Crippen LogP contribution in [-0.4, -0.2) is 68.3 Å². The zero-order valence-corrected chi connectivity index (χ0v) is 14.2. The number of benzene rings is 1. The summed E-state index contributed by atoms with van der Waals surface area (Å²) < 4.78 is 10.8. The molecule has 2 fully saturated rings. The molecule has 0 saturated carbocycles. The van der Waals surface area contributed by atoms with Gasteiger partial charge in [0, 0.05) is 43.9 Å². The van der Waals surface area contributed by atoms with Crippen LogP contribution in [0.2, 0.25) is 5.02 Å². The second-order valence-electron chi connectivity index (χ2n) is 6.04. The molecular formula is C17H23ClN2O3. The molecule has 1 unspecified atom stereocenters. The smallest absolute Gasteiger partial charge is 0.257 e. The summed E-state index contributed by atoms with van der Waals surface area (Å²) >= 11 is 5.98. The van der Waals surface area contributed by atoms with E-state index in [-0.39, 0.29) is 5.91 Å². The van der Waals surface area contributed by atoms with Crippen LogP contribution in [0.5, 0.6) is 5.75 Å². The second kappa shape index (κ2) is 7.51. The van der Waals surface area contributed by atoms with Gasteiger partial charge in [-0.3, -0.25) is 9.69 Å². The molecule has 23 heavy (non-hydrogen) atoms. The number of hydrogen-bond donors (Lipinski definition) is 0. The lowest BCUT2D eigenvalue weighted by Gasteiger charge is -2.26. The van der Waals surface area contributed by atoms with Crippen LogP contribution in [-0.2, 0) is 4.74 Å². The van der Waals surface area contributed by atoms with Crippen LogP contribution in [0.3, 0.4) is 0 Å². The van der Waals surface area contributed by atoms with E-state index in [4.69, 9.17) is 21.1 Å². The van der Waals surface area contributed by atoms with Crippen molar-refractivity contribution < 1.29 is 14.3 Å². The maximum Gasteiger partial charge on any atom is 0.257 e. The minimum Gasteiger partial charge on any atom is -0.496 e. The molecule has 1 aromatic carbocycles. The molecule has 2 saturated heterocycles. The van der Waals surface area contributed by atoms with Gasteiger partial charge in [0.1, 0.15) is 5.75 Å². The molecule has 6 heteroatoms. The highest BCUT2D eigenvalue weighted by Crippen LogP contribution is 2.25. The average molecular weight is 339 g/mol. The van der Waals surface area contributed by atoms with E-state index in [9.17, 15) is 4.79 Å². The molecule has 3 rings (SSSR count). The predicted molar refractivity (Wildman–Crippen MR) is 89.3 cm³/mol. The number of amides is 1. The maximum atomic E-state index is 12.8. The van der Waals surface area contributed by atoms with E-state index in [1.54, 1.807) is 25.3 Å². The lowest BCUT2D eigenvalue weighted by molar-refractivity contribution is 0.0753. The first-order chi connectivity index (χ1) is 11.2. The topological polar surface area (TPSA) is 42.0 Å². The van der Waals surface area contributed by atoms with E-state index in [1.165, 1.54) is 0 Å². The summed E-state index contributed by atoms with van der Waals surface area (Å²) in [6.45, 7) is 5.10. The van der Waals surface area contributed by atoms with Crippen molar-refractivity contribution in [2.45, 2.75) is 18.9 Å². The van der Waals surface area contributed by atoms with Crippen molar-refractivity contribution >= 4 is 17.5 Å². The molecule has 0 aromatic heterocycles. The van der Waals surface area contributed by atoms with Crippen LogP contribution in [0.15, 0.2) is 18.2 Å². The SMILES string of the molecule is COc1cc(Cl)ccc1C(=O)N1CCCN(C2CCOC2)CC1. The van der Waals surface area contributed by atoms with E-state index >= 15 is 0 Å². The molecule has 0 radical (unpaired) electrons. The van der Waals surface area contributed by atoms with E-state index in [1.807, 2.05) is 4.90 Å². The van der Waals surface area contributed by atoms with E-state index < -0.39 is 0 Å². The first-order valence-corrected chi connectivity index (χ1v) is 8.51. The molecule has 0 aliphatic carbocycles. The van der Waals surface area contributed by atoms with Crippen LogP contribution >= 0.6 is 11.6 Å². The van der Waals surface area contributed by atoms with E-state index in [0.717, 1.165) is 52.2 Å². The minimum atomic E-state index is 0.0167. The van der Waals surface area contributed by atoms with Crippen molar-refractivity contribution in [3.8, 4) is 5.75 Å². The molecule has 2 aliphatic heterocycles. The molecule has 0 bridgehead atoms. The highest BCUT2D eigenvalue weighted by molar-refractivity contribution is 6.30. The van der Waals surface area contributed by atoms with E-state index in [0.29, 0.717) is 22.4 Å². The monoisotopic (exact) mass is 338 g/mol. The van der Waals surface area contributed by atoms with Crippen LogP contribution in [0, 0.1) is 0 Å². The Morgan fingerprint density at radius 3 is 2.91 bits per heavy atom. The lowest BCUT2D eigenvalue weighted by Crippen LogP contribution is -2.39. The molecule has 0 spiro atoms. The Hall–Kier alpha value is -1.30. The number of nitrogens with zero attached hydrogens (tertiary/aromatic N) is 2. The van der Waals surface area contributed by atoms with Crippen LogP contribution in [0.25, 0.3) is 0 Å². The quantitative estimate of drug-likeness (QED) is 0.848. The van der Waals surface area contributed by atoms with Gasteiger partial charge in [-0.05, 0) is 31.0 Å². The van der Waals surface area contributed by atoms with Gasteiger partial charge in [-0.15, -0.1) is 0 Å². The third-order valence-electron chi connectivity index (χ3n) is 4.63. The lowest BCUT2D eigenvalue weighted by atomic mass is 10.1. The summed E-state index contributed by atoms with van der Waals surface area (Å²) in [4.78, 5) is 17.2. The fraction of sp³-hybridized carbons (Fsp3) is 0.588. The maximum absolute atomic E-state index is 12.8. The van der Waals surface area contributed by atoms with Crippen molar-refractivity contribution in [3.05, 3.63) is 28.8 Å². The number of carbonyl (C=O) groups excluding carboxylic acids is 1. The largest absolute Gasteiger partial charge is 0.496 e. The Kier molecular flexibility index (Phi) is 5.41. The molecule has 1 amide bonds. The average Bonchev–Trinajstić information content (AvgIpc) is 2.99. The first kappa shape index (κ1) is 16.6. The Morgan fingerprint density at radius 2 is 2.17 bits per heavy atom. The zero-order chi connectivity index (χ0) is 16.2. The predicted octanol–water partition coefficient (Wildman–Crippen LogP) is 2.29. The number of carbonyl (C=O) groups is 1. The summed E-state index contributed by atoms with van der Waals surface area (Å²) in [7, 11) is 1.56. The van der Waals surface area contributed by atoms with Gasteiger partial charge in [0.05, 0.1) is 19.3 Å². The van der Waals surface area contributed by atoms with Crippen molar-refractivity contribution in [2.75, 3.05) is 46.5 Å². The number of rotatable bonds is 3. The number of methoxy groups -OCH3 is 1. The Morgan fingerprint density at radius 1 is 1.30 bits per heavy atom. The Bertz CT molecular complexity index is 561. The molecule has 1 aromatic rings. The van der Waals surface area contributed by atoms with Crippen molar-refractivity contribution in [1.82, 2.24) is 9.80 Å². The highest BCUT2D eigenvalue weighted by Gasteiger charge is 2.27. The van der Waals surface area contributed by atoms with Gasteiger partial charge in [-0.2, -0.15) is 0 Å². The van der Waals surface area contributed by atoms with Gasteiger partial charge < -0.3 is 14.4 Å². The van der Waals surface area contributed by atoms with Gasteiger partial charge in [-0.25, -0.2) is 0 Å². The zero-order valence-electron chi connectivity index (χ0n) is 13.5. The van der Waals surface area contributed by atoms with Crippen LogP contribution in [0.4, 0.5) is 0 Å². The van der Waals surface area contributed by atoms with Gasteiger partial charge in [0.2, 0.25) is 0 Å². The van der Waals surface area contributed by atoms with Crippen molar-refractivity contribution in [1.29, 1.82) is 0 Å². The first-order valence-electron chi connectivity index (χ1n) is 8.13. The summed E-state index contributed by atoms with van der Waals surface area (Å²) in [5, 5.41) is 0.571. The Balaban J connectivity index is 1.68. The van der Waals surface area contributed by atoms with Gasteiger partial charge in [-0.1, -0.05) is 11.6 Å². The number of halogens is 1. The van der Waals surface area contributed by atoms with Gasteiger partial charge in [0.25, 0.3) is 5.91 Å². The Labute approximate surface area is 142 Å². The van der Waals surface area contributed by atoms with Crippen molar-refractivity contribution in [3.63, 3.8) is 0 Å². The van der Waals surface area contributed by atoms with E-state index in [2.05, 4.69) is 4.90 Å². The minimum absolute atomic E-state index is 0.0167. The van der Waals surface area contributed by atoms with Crippen LogP contribution < -0.4 is 4.74 Å². The molecule has 2 heterocycles. The fourth-order valence-corrected chi connectivity index (χ4v) is 3.49.